The van der Waals surface area contributed by atoms with Crippen LogP contribution in [0.4, 0.5) is 0 Å². The van der Waals surface area contributed by atoms with Crippen molar-refractivity contribution in [3.63, 3.8) is 0 Å². The summed E-state index contributed by atoms with van der Waals surface area (Å²) in [4.78, 5) is 4.04. The van der Waals surface area contributed by atoms with Gasteiger partial charge in [-0.05, 0) is 17.7 Å². The molecule has 0 aliphatic heterocycles. The number of aliphatic hydroxyl groups is 1. The Bertz CT molecular complexity index is 297. The molecule has 0 spiro atoms. The predicted molar refractivity (Wildman–Crippen MR) is 60.6 cm³/mol. The highest BCUT2D eigenvalue weighted by Gasteiger charge is 1.97. The average Bonchev–Trinajstić information content (AvgIpc) is 2.21. The zero-order chi connectivity index (χ0) is 10.4. The molecule has 0 aliphatic carbocycles. The molecule has 0 fully saturated rings. The van der Waals surface area contributed by atoms with Crippen LogP contribution in [0.2, 0.25) is 5.02 Å². The van der Waals surface area contributed by atoms with E-state index in [0.29, 0.717) is 11.6 Å². The lowest BCUT2D eigenvalue weighted by Crippen LogP contribution is -2.12. The number of aliphatic imine (C=N–C) groups is 1. The molecule has 0 amide bonds. The second kappa shape index (κ2) is 6.02. The van der Waals surface area contributed by atoms with Gasteiger partial charge in [-0.25, -0.2) is 0 Å². The standard InChI is InChI=1S/C10H11Cl2NO/c11-5-10(14)7-13-6-8-1-3-9(12)4-2-8/h1-4,6,10,14H,5,7H2/b13-6-/t10-/m1/s1. The van der Waals surface area contributed by atoms with Crippen LogP contribution in [-0.2, 0) is 0 Å². The predicted octanol–water partition coefficient (Wildman–Crippen LogP) is 2.36. The minimum absolute atomic E-state index is 0.206. The van der Waals surface area contributed by atoms with Gasteiger partial charge in [-0.2, -0.15) is 0 Å². The average molecular weight is 232 g/mol. The van der Waals surface area contributed by atoms with Gasteiger partial charge in [0.05, 0.1) is 18.5 Å². The van der Waals surface area contributed by atoms with E-state index in [0.717, 1.165) is 5.56 Å². The number of nitrogens with zero attached hydrogens (tertiary/aromatic N) is 1. The Morgan fingerprint density at radius 3 is 2.57 bits per heavy atom. The first-order chi connectivity index (χ1) is 6.72. The lowest BCUT2D eigenvalue weighted by atomic mass is 10.2. The van der Waals surface area contributed by atoms with Crippen molar-refractivity contribution in [1.82, 2.24) is 0 Å². The Balaban J connectivity index is 2.48. The van der Waals surface area contributed by atoms with Gasteiger partial charge in [-0.15, -0.1) is 11.6 Å². The van der Waals surface area contributed by atoms with Gasteiger partial charge in [0.1, 0.15) is 0 Å². The summed E-state index contributed by atoms with van der Waals surface area (Å²) in [7, 11) is 0. The molecule has 1 aromatic carbocycles. The van der Waals surface area contributed by atoms with Gasteiger partial charge in [0.25, 0.3) is 0 Å². The summed E-state index contributed by atoms with van der Waals surface area (Å²) in [5.74, 6) is 0.206. The monoisotopic (exact) mass is 231 g/mol. The Morgan fingerprint density at radius 1 is 1.36 bits per heavy atom. The van der Waals surface area contributed by atoms with E-state index in [4.69, 9.17) is 28.3 Å². The molecule has 0 saturated heterocycles. The van der Waals surface area contributed by atoms with E-state index in [2.05, 4.69) is 4.99 Å². The Labute approximate surface area is 93.2 Å². The summed E-state index contributed by atoms with van der Waals surface area (Å²) in [6, 6.07) is 7.31. The molecule has 1 rings (SSSR count). The summed E-state index contributed by atoms with van der Waals surface area (Å²) in [6.45, 7) is 0.326. The first kappa shape index (κ1) is 11.5. The van der Waals surface area contributed by atoms with E-state index >= 15 is 0 Å². The van der Waals surface area contributed by atoms with E-state index in [1.54, 1.807) is 18.3 Å². The zero-order valence-electron chi connectivity index (χ0n) is 7.53. The van der Waals surface area contributed by atoms with Crippen molar-refractivity contribution in [2.45, 2.75) is 6.10 Å². The summed E-state index contributed by atoms with van der Waals surface area (Å²) in [5.41, 5.74) is 0.955. The molecule has 76 valence electrons. The van der Waals surface area contributed by atoms with Crippen LogP contribution in [0.3, 0.4) is 0 Å². The molecule has 1 N–H and O–H groups in total. The molecular weight excluding hydrogens is 221 g/mol. The number of benzene rings is 1. The highest BCUT2D eigenvalue weighted by Crippen LogP contribution is 2.07. The Morgan fingerprint density at radius 2 is 2.00 bits per heavy atom. The summed E-state index contributed by atoms with van der Waals surface area (Å²) in [5, 5.41) is 9.81. The SMILES string of the molecule is O[C@H](CCl)C/N=C\c1ccc(Cl)cc1. The van der Waals surface area contributed by atoms with Crippen molar-refractivity contribution in [2.75, 3.05) is 12.4 Å². The second-order valence-corrected chi connectivity index (χ2v) is 3.60. The zero-order valence-corrected chi connectivity index (χ0v) is 9.04. The largest absolute Gasteiger partial charge is 0.390 e. The van der Waals surface area contributed by atoms with Crippen LogP contribution in [0.1, 0.15) is 5.56 Å². The molecule has 0 aromatic heterocycles. The number of rotatable bonds is 4. The third-order valence-corrected chi connectivity index (χ3v) is 2.21. The van der Waals surface area contributed by atoms with Crippen molar-refractivity contribution < 1.29 is 5.11 Å². The second-order valence-electron chi connectivity index (χ2n) is 2.85. The number of halogens is 2. The summed E-state index contributed by atoms with van der Waals surface area (Å²) < 4.78 is 0. The third kappa shape index (κ3) is 4.09. The van der Waals surface area contributed by atoms with Gasteiger partial charge in [-0.1, -0.05) is 23.7 Å². The van der Waals surface area contributed by atoms with Crippen molar-refractivity contribution >= 4 is 29.4 Å². The normalized spacial score (nSPS) is 13.4. The van der Waals surface area contributed by atoms with Gasteiger partial charge in [0.2, 0.25) is 0 Å². The van der Waals surface area contributed by atoms with E-state index in [1.807, 2.05) is 12.1 Å². The van der Waals surface area contributed by atoms with E-state index < -0.39 is 6.10 Å². The van der Waals surface area contributed by atoms with Crippen LogP contribution >= 0.6 is 23.2 Å². The summed E-state index contributed by atoms with van der Waals surface area (Å²) in [6.07, 6.45) is 1.12. The summed E-state index contributed by atoms with van der Waals surface area (Å²) >= 11 is 11.1. The number of alkyl halides is 1. The fourth-order valence-electron chi connectivity index (χ4n) is 0.877. The third-order valence-electron chi connectivity index (χ3n) is 1.60. The quantitative estimate of drug-likeness (QED) is 0.627. The molecule has 0 saturated carbocycles. The molecule has 0 aliphatic rings. The highest BCUT2D eigenvalue weighted by molar-refractivity contribution is 6.30. The molecule has 0 unspecified atom stereocenters. The van der Waals surface area contributed by atoms with E-state index in [-0.39, 0.29) is 5.88 Å². The van der Waals surface area contributed by atoms with Crippen LogP contribution in [0.25, 0.3) is 0 Å². The fraction of sp³-hybridized carbons (Fsp3) is 0.300. The first-order valence-corrected chi connectivity index (χ1v) is 5.13. The highest BCUT2D eigenvalue weighted by atomic mass is 35.5. The van der Waals surface area contributed by atoms with E-state index in [1.165, 1.54) is 0 Å². The van der Waals surface area contributed by atoms with Crippen molar-refractivity contribution in [2.24, 2.45) is 4.99 Å². The van der Waals surface area contributed by atoms with Gasteiger partial charge in [-0.3, -0.25) is 4.99 Å². The molecular formula is C10H11Cl2NO. The molecule has 4 heteroatoms. The van der Waals surface area contributed by atoms with Crippen LogP contribution in [-0.4, -0.2) is 29.8 Å². The number of aliphatic hydroxyl groups excluding tert-OH is 1. The van der Waals surface area contributed by atoms with Crippen LogP contribution < -0.4 is 0 Å². The maximum absolute atomic E-state index is 9.11. The van der Waals surface area contributed by atoms with Gasteiger partial charge < -0.3 is 5.11 Å². The molecule has 0 bridgehead atoms. The molecule has 0 radical (unpaired) electrons. The van der Waals surface area contributed by atoms with Gasteiger partial charge in [0, 0.05) is 11.2 Å². The smallest absolute Gasteiger partial charge is 0.0870 e. The van der Waals surface area contributed by atoms with Crippen molar-refractivity contribution in [1.29, 1.82) is 0 Å². The maximum Gasteiger partial charge on any atom is 0.0870 e. The van der Waals surface area contributed by atoms with Crippen LogP contribution in [0, 0.1) is 0 Å². The fourth-order valence-corrected chi connectivity index (χ4v) is 1.10. The molecule has 2 nitrogen and oxygen atoms in total. The Hall–Kier alpha value is -0.570. The minimum Gasteiger partial charge on any atom is -0.390 e. The molecule has 0 heterocycles. The number of hydrogen-bond donors (Lipinski definition) is 1. The first-order valence-electron chi connectivity index (χ1n) is 4.22. The number of hydrogen-bond acceptors (Lipinski definition) is 2. The van der Waals surface area contributed by atoms with Crippen LogP contribution in [0.5, 0.6) is 0 Å². The topological polar surface area (TPSA) is 32.6 Å². The van der Waals surface area contributed by atoms with Crippen molar-refractivity contribution in [3.8, 4) is 0 Å². The lowest BCUT2D eigenvalue weighted by Gasteiger charge is -2.00. The molecule has 1 atom stereocenters. The van der Waals surface area contributed by atoms with Crippen molar-refractivity contribution in [3.05, 3.63) is 34.9 Å². The van der Waals surface area contributed by atoms with Gasteiger partial charge >= 0.3 is 0 Å². The van der Waals surface area contributed by atoms with Crippen LogP contribution in [0.15, 0.2) is 29.3 Å². The lowest BCUT2D eigenvalue weighted by molar-refractivity contribution is 0.207. The Kier molecular flexibility index (Phi) is 4.94. The maximum atomic E-state index is 9.11. The van der Waals surface area contributed by atoms with Gasteiger partial charge in [0.15, 0.2) is 0 Å². The minimum atomic E-state index is -0.569. The molecule has 1 aromatic rings. The van der Waals surface area contributed by atoms with E-state index in [9.17, 15) is 0 Å². The molecule has 14 heavy (non-hydrogen) atoms.